The molecule has 0 saturated heterocycles. The van der Waals surface area contributed by atoms with Crippen molar-refractivity contribution < 1.29 is 14.3 Å². The Morgan fingerprint density at radius 3 is 1.42 bits per heavy atom. The van der Waals surface area contributed by atoms with Crippen molar-refractivity contribution in [1.29, 1.82) is 0 Å². The molecule has 0 aliphatic rings. The Morgan fingerprint density at radius 2 is 0.935 bits per heavy atom. The van der Waals surface area contributed by atoms with E-state index in [2.05, 4.69) is 0 Å². The van der Waals surface area contributed by atoms with Crippen molar-refractivity contribution in [3.8, 4) is 22.6 Å². The van der Waals surface area contributed by atoms with E-state index in [0.29, 0.717) is 16.7 Å². The third-order valence-corrected chi connectivity index (χ3v) is 5.15. The minimum atomic E-state index is -0.0662. The van der Waals surface area contributed by atoms with Gasteiger partial charge in [0.2, 0.25) is 0 Å². The van der Waals surface area contributed by atoms with E-state index in [9.17, 15) is 9.59 Å². The lowest BCUT2D eigenvalue weighted by atomic mass is 9.98. The molecule has 0 heterocycles. The molecule has 0 amide bonds. The molecular formula is C28H22O3. The molecule has 0 saturated carbocycles. The molecule has 3 heteroatoms. The Hall–Kier alpha value is -3.98. The van der Waals surface area contributed by atoms with Crippen molar-refractivity contribution in [3.05, 3.63) is 119 Å². The number of hydrogen-bond acceptors (Lipinski definition) is 3. The van der Waals surface area contributed by atoms with Crippen LogP contribution in [0.15, 0.2) is 97.1 Å². The maximum Gasteiger partial charge on any atom is 0.193 e. The average Bonchev–Trinajstić information content (AvgIpc) is 2.81. The van der Waals surface area contributed by atoms with Gasteiger partial charge < -0.3 is 4.74 Å². The SMILES string of the molecule is CC(=O)c1ccc(C(=O)c2ccc(-c3ccc(Oc4ccc(C)cc4)cc3)cc2)cc1. The van der Waals surface area contributed by atoms with Gasteiger partial charge in [0.25, 0.3) is 0 Å². The topological polar surface area (TPSA) is 43.4 Å². The molecule has 152 valence electrons. The summed E-state index contributed by atoms with van der Waals surface area (Å²) in [5, 5.41) is 0. The average molecular weight is 406 g/mol. The van der Waals surface area contributed by atoms with Crippen LogP contribution in [0.1, 0.15) is 38.8 Å². The number of rotatable bonds is 6. The third kappa shape index (κ3) is 4.78. The van der Waals surface area contributed by atoms with Crippen LogP contribution in [0, 0.1) is 6.92 Å². The largest absolute Gasteiger partial charge is 0.457 e. The molecule has 0 aliphatic carbocycles. The molecule has 4 aromatic carbocycles. The van der Waals surface area contributed by atoms with Crippen LogP contribution in [0.5, 0.6) is 11.5 Å². The summed E-state index contributed by atoms with van der Waals surface area (Å²) >= 11 is 0. The summed E-state index contributed by atoms with van der Waals surface area (Å²) in [7, 11) is 0. The summed E-state index contributed by atoms with van der Waals surface area (Å²) in [6.07, 6.45) is 0. The normalized spacial score (nSPS) is 10.5. The first-order valence-electron chi connectivity index (χ1n) is 10.1. The fraction of sp³-hybridized carbons (Fsp3) is 0.0714. The van der Waals surface area contributed by atoms with Gasteiger partial charge in [0.15, 0.2) is 11.6 Å². The monoisotopic (exact) mass is 406 g/mol. The van der Waals surface area contributed by atoms with Gasteiger partial charge in [-0.05, 0) is 49.2 Å². The molecule has 0 radical (unpaired) electrons. The van der Waals surface area contributed by atoms with Crippen LogP contribution in [0.4, 0.5) is 0 Å². The van der Waals surface area contributed by atoms with Gasteiger partial charge in [-0.15, -0.1) is 0 Å². The van der Waals surface area contributed by atoms with Crippen LogP contribution in [-0.2, 0) is 0 Å². The molecule has 3 nitrogen and oxygen atoms in total. The number of aryl methyl sites for hydroxylation is 1. The first-order valence-corrected chi connectivity index (χ1v) is 10.1. The van der Waals surface area contributed by atoms with Crippen LogP contribution in [0.25, 0.3) is 11.1 Å². The maximum atomic E-state index is 12.7. The quantitative estimate of drug-likeness (QED) is 0.328. The van der Waals surface area contributed by atoms with E-state index in [1.165, 1.54) is 12.5 Å². The van der Waals surface area contributed by atoms with Crippen LogP contribution in [0.3, 0.4) is 0 Å². The predicted molar refractivity (Wildman–Crippen MR) is 123 cm³/mol. The van der Waals surface area contributed by atoms with Gasteiger partial charge in [0.05, 0.1) is 0 Å². The minimum Gasteiger partial charge on any atom is -0.457 e. The molecule has 0 spiro atoms. The number of carbonyl (C=O) groups is 2. The lowest BCUT2D eigenvalue weighted by Crippen LogP contribution is -2.02. The van der Waals surface area contributed by atoms with Gasteiger partial charge in [-0.25, -0.2) is 0 Å². The Kier molecular flexibility index (Phi) is 5.76. The number of hydrogen-bond donors (Lipinski definition) is 0. The lowest BCUT2D eigenvalue weighted by Gasteiger charge is -2.08. The van der Waals surface area contributed by atoms with Gasteiger partial charge in [-0.2, -0.15) is 0 Å². The highest BCUT2D eigenvalue weighted by atomic mass is 16.5. The summed E-state index contributed by atoms with van der Waals surface area (Å²) in [4.78, 5) is 24.1. The second-order valence-electron chi connectivity index (χ2n) is 7.48. The predicted octanol–water partition coefficient (Wildman–Crippen LogP) is 6.89. The molecular weight excluding hydrogens is 384 g/mol. The van der Waals surface area contributed by atoms with Gasteiger partial charge in [0, 0.05) is 16.7 Å². The fourth-order valence-electron chi connectivity index (χ4n) is 3.29. The Balaban J connectivity index is 1.46. The zero-order chi connectivity index (χ0) is 21.8. The number of ether oxygens (including phenoxy) is 1. The second-order valence-corrected chi connectivity index (χ2v) is 7.48. The van der Waals surface area contributed by atoms with Crippen molar-refractivity contribution in [3.63, 3.8) is 0 Å². The zero-order valence-corrected chi connectivity index (χ0v) is 17.5. The summed E-state index contributed by atoms with van der Waals surface area (Å²) in [6.45, 7) is 3.55. The Morgan fingerprint density at radius 1 is 0.548 bits per heavy atom. The smallest absolute Gasteiger partial charge is 0.193 e. The molecule has 0 fully saturated rings. The van der Waals surface area contributed by atoms with Crippen LogP contribution in [0.2, 0.25) is 0 Å². The summed E-state index contributed by atoms with van der Waals surface area (Å²) in [6, 6.07) is 30.1. The van der Waals surface area contributed by atoms with E-state index < -0.39 is 0 Å². The number of Topliss-reactive ketones (excluding diaryl/α,β-unsaturated/α-hetero) is 1. The first-order chi connectivity index (χ1) is 15.0. The van der Waals surface area contributed by atoms with E-state index in [0.717, 1.165) is 22.6 Å². The van der Waals surface area contributed by atoms with E-state index in [1.54, 1.807) is 24.3 Å². The Bertz CT molecular complexity index is 1200. The van der Waals surface area contributed by atoms with E-state index in [1.807, 2.05) is 79.7 Å². The van der Waals surface area contributed by atoms with Crippen molar-refractivity contribution in [2.24, 2.45) is 0 Å². The van der Waals surface area contributed by atoms with Gasteiger partial charge in [-0.1, -0.05) is 78.4 Å². The molecule has 0 aromatic heterocycles. The lowest BCUT2D eigenvalue weighted by molar-refractivity contribution is 0.101. The molecule has 0 atom stereocenters. The van der Waals surface area contributed by atoms with Crippen molar-refractivity contribution in [2.75, 3.05) is 0 Å². The molecule has 4 aromatic rings. The van der Waals surface area contributed by atoms with Gasteiger partial charge in [-0.3, -0.25) is 9.59 Å². The summed E-state index contributed by atoms with van der Waals surface area (Å²) in [5.74, 6) is 1.49. The fourth-order valence-corrected chi connectivity index (χ4v) is 3.29. The highest BCUT2D eigenvalue weighted by Crippen LogP contribution is 2.26. The van der Waals surface area contributed by atoms with E-state index >= 15 is 0 Å². The zero-order valence-electron chi connectivity index (χ0n) is 17.5. The third-order valence-electron chi connectivity index (χ3n) is 5.15. The van der Waals surface area contributed by atoms with Crippen LogP contribution in [-0.4, -0.2) is 11.6 Å². The van der Waals surface area contributed by atoms with Gasteiger partial charge in [0.1, 0.15) is 11.5 Å². The molecule has 31 heavy (non-hydrogen) atoms. The second kappa shape index (κ2) is 8.80. The van der Waals surface area contributed by atoms with Crippen LogP contribution < -0.4 is 4.74 Å². The van der Waals surface area contributed by atoms with Gasteiger partial charge >= 0.3 is 0 Å². The highest BCUT2D eigenvalue weighted by Gasteiger charge is 2.10. The molecule has 4 rings (SSSR count). The standard InChI is InChI=1S/C28H22O3/c1-19-3-15-26(16-4-19)31-27-17-13-23(14-18-27)22-7-11-25(12-8-22)28(30)24-9-5-21(6-10-24)20(2)29/h3-18H,1-2H3. The Labute approximate surface area is 181 Å². The number of ketones is 2. The molecule has 0 bridgehead atoms. The van der Waals surface area contributed by atoms with Crippen molar-refractivity contribution in [2.45, 2.75) is 13.8 Å². The summed E-state index contributed by atoms with van der Waals surface area (Å²) in [5.41, 5.74) is 5.03. The van der Waals surface area contributed by atoms with Crippen molar-refractivity contribution in [1.82, 2.24) is 0 Å². The number of benzene rings is 4. The molecule has 0 N–H and O–H groups in total. The molecule has 0 unspecified atom stereocenters. The first kappa shape index (κ1) is 20.3. The maximum absolute atomic E-state index is 12.7. The summed E-state index contributed by atoms with van der Waals surface area (Å²) < 4.78 is 5.88. The minimum absolute atomic E-state index is 0.0152. The van der Waals surface area contributed by atoms with Crippen LogP contribution >= 0.6 is 0 Å². The number of carbonyl (C=O) groups excluding carboxylic acids is 2. The van der Waals surface area contributed by atoms with Crippen molar-refractivity contribution >= 4 is 11.6 Å². The van der Waals surface area contributed by atoms with E-state index in [-0.39, 0.29) is 11.6 Å². The molecule has 0 aliphatic heterocycles. The highest BCUT2D eigenvalue weighted by molar-refractivity contribution is 6.09. The van der Waals surface area contributed by atoms with E-state index in [4.69, 9.17) is 4.74 Å².